The lowest BCUT2D eigenvalue weighted by Crippen LogP contribution is -2.29. The lowest BCUT2D eigenvalue weighted by atomic mass is 10.3. The van der Waals surface area contributed by atoms with E-state index in [2.05, 4.69) is 26.1 Å². The van der Waals surface area contributed by atoms with Crippen molar-refractivity contribution in [1.82, 2.24) is 14.2 Å². The van der Waals surface area contributed by atoms with E-state index in [0.717, 1.165) is 12.1 Å². The van der Waals surface area contributed by atoms with E-state index in [-0.39, 0.29) is 0 Å². The van der Waals surface area contributed by atoms with Crippen molar-refractivity contribution in [2.45, 2.75) is 44.7 Å². The molecule has 0 saturated heterocycles. The third-order valence-electron chi connectivity index (χ3n) is 4.25. The van der Waals surface area contributed by atoms with Crippen LogP contribution in [0.3, 0.4) is 0 Å². The van der Waals surface area contributed by atoms with Crippen molar-refractivity contribution in [2.75, 3.05) is 13.6 Å². The first kappa shape index (κ1) is 16.5. The molecule has 1 aromatic heterocycles. The maximum atomic E-state index is 12.6. The minimum atomic E-state index is -3.37. The second-order valence-corrected chi connectivity index (χ2v) is 8.62. The van der Waals surface area contributed by atoms with Crippen LogP contribution in [0, 0.1) is 11.8 Å². The van der Waals surface area contributed by atoms with Gasteiger partial charge in [-0.05, 0) is 24.3 Å². The van der Waals surface area contributed by atoms with Gasteiger partial charge in [-0.3, -0.25) is 0 Å². The summed E-state index contributed by atoms with van der Waals surface area (Å²) in [5.41, 5.74) is 0.982. The molecule has 1 aliphatic carbocycles. The monoisotopic (exact) mass is 313 g/mol. The molecular weight excluding hydrogens is 286 g/mol. The molecule has 2 atom stereocenters. The maximum Gasteiger partial charge on any atom is 0.244 e. The fourth-order valence-electron chi connectivity index (χ4n) is 2.46. The highest BCUT2D eigenvalue weighted by Crippen LogP contribution is 2.38. The van der Waals surface area contributed by atoms with Crippen LogP contribution in [0.5, 0.6) is 0 Å². The summed E-state index contributed by atoms with van der Waals surface area (Å²) in [5.74, 6) is 1.18. The summed E-state index contributed by atoms with van der Waals surface area (Å²) in [7, 11) is 0.195. The van der Waals surface area contributed by atoms with E-state index in [1.54, 1.807) is 19.3 Å². The van der Waals surface area contributed by atoms with Gasteiger partial charge in [-0.1, -0.05) is 20.8 Å². The summed E-state index contributed by atoms with van der Waals surface area (Å²) < 4.78 is 28.6. The summed E-state index contributed by atoms with van der Waals surface area (Å²) in [6.45, 7) is 7.62. The average molecular weight is 313 g/mol. The molecule has 0 aromatic carbocycles. The van der Waals surface area contributed by atoms with Crippen LogP contribution in [-0.2, 0) is 23.6 Å². The number of nitrogens with one attached hydrogen (secondary N) is 1. The Labute approximate surface area is 128 Å². The van der Waals surface area contributed by atoms with Crippen LogP contribution >= 0.6 is 0 Å². The highest BCUT2D eigenvalue weighted by molar-refractivity contribution is 7.89. The van der Waals surface area contributed by atoms with E-state index in [4.69, 9.17) is 0 Å². The molecule has 0 spiro atoms. The molecule has 1 heterocycles. The second kappa shape index (κ2) is 6.10. The number of nitrogens with zero attached hydrogens (tertiary/aromatic N) is 2. The summed E-state index contributed by atoms with van der Waals surface area (Å²) in [4.78, 5) is 0.390. The van der Waals surface area contributed by atoms with Gasteiger partial charge in [-0.15, -0.1) is 0 Å². The predicted octanol–water partition coefficient (Wildman–Crippen LogP) is 1.80. The van der Waals surface area contributed by atoms with Crippen molar-refractivity contribution >= 4 is 10.0 Å². The van der Waals surface area contributed by atoms with E-state index in [1.165, 1.54) is 4.31 Å². The van der Waals surface area contributed by atoms with Gasteiger partial charge in [0.25, 0.3) is 0 Å². The lowest BCUT2D eigenvalue weighted by Gasteiger charge is -2.15. The van der Waals surface area contributed by atoms with Crippen LogP contribution in [0.2, 0.25) is 0 Å². The molecule has 21 heavy (non-hydrogen) atoms. The van der Waals surface area contributed by atoms with Gasteiger partial charge >= 0.3 is 0 Å². The third-order valence-corrected chi connectivity index (χ3v) is 6.04. The number of hydrogen-bond donors (Lipinski definition) is 1. The Morgan fingerprint density at radius 3 is 2.62 bits per heavy atom. The Balaban J connectivity index is 2.10. The zero-order chi connectivity index (χ0) is 15.8. The molecule has 0 amide bonds. The van der Waals surface area contributed by atoms with Gasteiger partial charge in [0.05, 0.1) is 0 Å². The highest BCUT2D eigenvalue weighted by Gasteiger charge is 2.36. The molecule has 1 aromatic rings. The summed E-state index contributed by atoms with van der Waals surface area (Å²) >= 11 is 0. The molecule has 2 rings (SSSR count). The van der Waals surface area contributed by atoms with Gasteiger partial charge in [0, 0.05) is 45.1 Å². The molecule has 1 aliphatic rings. The Kier molecular flexibility index (Phi) is 4.80. The molecule has 1 N–H and O–H groups in total. The second-order valence-electron chi connectivity index (χ2n) is 6.57. The Hall–Kier alpha value is -0.850. The largest absolute Gasteiger partial charge is 0.352 e. The SMILES string of the molecule is CC(C)NCc1cc(S(=O)(=O)N(C)CC2CC2C)cn1C. The standard InChI is InChI=1S/C15H27N3O2S/c1-11(2)16-8-14-7-15(10-17(14)4)21(19,20)18(5)9-13-6-12(13)3/h7,10-13,16H,6,8-9H2,1-5H3. The van der Waals surface area contributed by atoms with Crippen LogP contribution in [0.4, 0.5) is 0 Å². The number of aromatic nitrogens is 1. The Morgan fingerprint density at radius 2 is 2.10 bits per heavy atom. The van der Waals surface area contributed by atoms with Crippen LogP contribution < -0.4 is 5.32 Å². The quantitative estimate of drug-likeness (QED) is 0.835. The highest BCUT2D eigenvalue weighted by atomic mass is 32.2. The van der Waals surface area contributed by atoms with Gasteiger partial charge < -0.3 is 9.88 Å². The molecule has 120 valence electrons. The van der Waals surface area contributed by atoms with Crippen molar-refractivity contribution in [3.05, 3.63) is 18.0 Å². The van der Waals surface area contributed by atoms with Crippen molar-refractivity contribution in [2.24, 2.45) is 18.9 Å². The molecule has 5 nitrogen and oxygen atoms in total. The normalized spacial score (nSPS) is 22.2. The maximum absolute atomic E-state index is 12.6. The number of hydrogen-bond acceptors (Lipinski definition) is 3. The first-order chi connectivity index (χ1) is 9.71. The Morgan fingerprint density at radius 1 is 1.48 bits per heavy atom. The molecular formula is C15H27N3O2S. The number of aryl methyl sites for hydroxylation is 1. The van der Waals surface area contributed by atoms with Crippen molar-refractivity contribution in [3.8, 4) is 0 Å². The number of sulfonamides is 1. The molecule has 1 saturated carbocycles. The van der Waals surface area contributed by atoms with E-state index >= 15 is 0 Å². The van der Waals surface area contributed by atoms with Crippen LogP contribution in [-0.4, -0.2) is 36.9 Å². The molecule has 0 bridgehead atoms. The molecule has 1 fully saturated rings. The first-order valence-corrected chi connectivity index (χ1v) is 9.00. The van der Waals surface area contributed by atoms with Gasteiger partial charge in [0.15, 0.2) is 0 Å². The molecule has 2 unspecified atom stereocenters. The van der Waals surface area contributed by atoms with Gasteiger partial charge in [-0.25, -0.2) is 12.7 Å². The number of rotatable bonds is 7. The smallest absolute Gasteiger partial charge is 0.244 e. The van der Waals surface area contributed by atoms with Crippen LogP contribution in [0.15, 0.2) is 17.2 Å². The minimum Gasteiger partial charge on any atom is -0.352 e. The fourth-order valence-corrected chi connectivity index (χ4v) is 3.79. The minimum absolute atomic E-state index is 0.374. The van der Waals surface area contributed by atoms with Crippen molar-refractivity contribution in [1.29, 1.82) is 0 Å². The fraction of sp³-hybridized carbons (Fsp3) is 0.733. The topological polar surface area (TPSA) is 54.3 Å². The van der Waals surface area contributed by atoms with Gasteiger partial charge in [-0.2, -0.15) is 0 Å². The molecule has 6 heteroatoms. The summed E-state index contributed by atoms with van der Waals surface area (Å²) in [5, 5.41) is 3.32. The zero-order valence-electron chi connectivity index (χ0n) is 13.6. The van der Waals surface area contributed by atoms with Gasteiger partial charge in [0.2, 0.25) is 10.0 Å². The van der Waals surface area contributed by atoms with E-state index in [1.807, 2.05) is 11.6 Å². The first-order valence-electron chi connectivity index (χ1n) is 7.56. The zero-order valence-corrected chi connectivity index (χ0v) is 14.4. The van der Waals surface area contributed by atoms with Crippen LogP contribution in [0.1, 0.15) is 32.9 Å². The van der Waals surface area contributed by atoms with E-state index in [0.29, 0.717) is 35.9 Å². The van der Waals surface area contributed by atoms with Crippen LogP contribution in [0.25, 0.3) is 0 Å². The lowest BCUT2D eigenvalue weighted by molar-refractivity contribution is 0.444. The summed E-state index contributed by atoms with van der Waals surface area (Å²) in [6.07, 6.45) is 2.84. The van der Waals surface area contributed by atoms with Crippen molar-refractivity contribution < 1.29 is 8.42 Å². The van der Waals surface area contributed by atoms with Gasteiger partial charge in [0.1, 0.15) is 4.90 Å². The molecule has 0 radical (unpaired) electrons. The average Bonchev–Trinajstić information content (AvgIpc) is 2.93. The Bertz CT molecular complexity index is 592. The molecule has 0 aliphatic heterocycles. The van der Waals surface area contributed by atoms with Crippen molar-refractivity contribution in [3.63, 3.8) is 0 Å². The summed E-state index contributed by atoms with van der Waals surface area (Å²) in [6, 6.07) is 2.15. The van der Waals surface area contributed by atoms with E-state index < -0.39 is 10.0 Å². The van der Waals surface area contributed by atoms with E-state index in [9.17, 15) is 8.42 Å². The predicted molar refractivity (Wildman–Crippen MR) is 84.5 cm³/mol. The third kappa shape index (κ3) is 3.87.